The second-order valence-electron chi connectivity index (χ2n) is 8.03. The van der Waals surface area contributed by atoms with Gasteiger partial charge in [-0.3, -0.25) is 14.5 Å². The van der Waals surface area contributed by atoms with Gasteiger partial charge < -0.3 is 9.84 Å². The number of rotatable bonds is 7. The van der Waals surface area contributed by atoms with Gasteiger partial charge in [0.2, 0.25) is 0 Å². The summed E-state index contributed by atoms with van der Waals surface area (Å²) in [5, 5.41) is 14.3. The highest BCUT2D eigenvalue weighted by atomic mass is 16.5. The maximum atomic E-state index is 9.78. The fourth-order valence-corrected chi connectivity index (χ4v) is 4.17. The van der Waals surface area contributed by atoms with Crippen LogP contribution in [0.4, 0.5) is 0 Å². The third-order valence-electron chi connectivity index (χ3n) is 5.80. The third-order valence-corrected chi connectivity index (χ3v) is 5.80. The first-order chi connectivity index (χ1) is 13.7. The molecular weight excluding hydrogens is 352 g/mol. The number of piperidine rings is 1. The molecular formula is C22H32N4O2. The lowest BCUT2D eigenvalue weighted by atomic mass is 10.1. The Labute approximate surface area is 167 Å². The van der Waals surface area contributed by atoms with Gasteiger partial charge in [-0.15, -0.1) is 0 Å². The van der Waals surface area contributed by atoms with Crippen LogP contribution in [-0.4, -0.2) is 57.5 Å². The molecule has 6 heteroatoms. The Morgan fingerprint density at radius 3 is 2.71 bits per heavy atom. The molecule has 0 radical (unpaired) electrons. The van der Waals surface area contributed by atoms with Gasteiger partial charge >= 0.3 is 0 Å². The zero-order valence-electron chi connectivity index (χ0n) is 16.9. The van der Waals surface area contributed by atoms with Crippen LogP contribution >= 0.6 is 0 Å². The van der Waals surface area contributed by atoms with E-state index in [4.69, 9.17) is 4.74 Å². The van der Waals surface area contributed by atoms with Crippen LogP contribution < -0.4 is 4.74 Å². The Balaban J connectivity index is 1.34. The van der Waals surface area contributed by atoms with Gasteiger partial charge in [0.05, 0.1) is 24.0 Å². The molecule has 1 saturated heterocycles. The zero-order valence-corrected chi connectivity index (χ0v) is 16.9. The molecule has 0 saturated carbocycles. The number of benzene rings is 1. The number of hydrogen-bond donors (Lipinski definition) is 1. The molecule has 0 amide bonds. The van der Waals surface area contributed by atoms with E-state index in [-0.39, 0.29) is 0 Å². The predicted octanol–water partition coefficient (Wildman–Crippen LogP) is 2.82. The Bertz CT molecular complexity index is 768. The molecule has 3 heterocycles. The van der Waals surface area contributed by atoms with E-state index < -0.39 is 6.10 Å². The van der Waals surface area contributed by atoms with Gasteiger partial charge in [0, 0.05) is 31.7 Å². The molecule has 2 aromatic rings. The van der Waals surface area contributed by atoms with Crippen LogP contribution in [0.25, 0.3) is 0 Å². The second-order valence-corrected chi connectivity index (χ2v) is 8.03. The summed E-state index contributed by atoms with van der Waals surface area (Å²) in [5.74, 6) is 1.00. The molecule has 4 rings (SSSR count). The van der Waals surface area contributed by atoms with E-state index in [0.717, 1.165) is 50.8 Å². The summed E-state index contributed by atoms with van der Waals surface area (Å²) in [6.45, 7) is 9.49. The van der Waals surface area contributed by atoms with E-state index in [2.05, 4.69) is 39.2 Å². The standard InChI is InChI=1S/C22H32N4O2/c1-18(27)21-15-20-17-25(11-12-26(20)23-21)16-19-7-3-4-8-22(19)28-14-13-24-9-5-2-6-10-24/h3-4,7-8,15,18,27H,2,5-6,9-14,16-17H2,1H3/t18-/m0/s1. The first-order valence-electron chi connectivity index (χ1n) is 10.6. The summed E-state index contributed by atoms with van der Waals surface area (Å²) < 4.78 is 8.19. The van der Waals surface area contributed by atoms with Crippen molar-refractivity contribution in [1.82, 2.24) is 19.6 Å². The molecule has 0 spiro atoms. The van der Waals surface area contributed by atoms with Crippen LogP contribution in [0.3, 0.4) is 0 Å². The van der Waals surface area contributed by atoms with Crippen LogP contribution in [0.2, 0.25) is 0 Å². The molecule has 1 aromatic heterocycles. The summed E-state index contributed by atoms with van der Waals surface area (Å²) in [7, 11) is 0. The molecule has 1 atom stereocenters. The predicted molar refractivity (Wildman–Crippen MR) is 109 cm³/mol. The molecule has 1 fully saturated rings. The summed E-state index contributed by atoms with van der Waals surface area (Å²) in [5.41, 5.74) is 3.17. The van der Waals surface area contributed by atoms with Gasteiger partial charge in [0.25, 0.3) is 0 Å². The minimum absolute atomic E-state index is 0.513. The van der Waals surface area contributed by atoms with E-state index >= 15 is 0 Å². The Kier molecular flexibility index (Phi) is 6.29. The van der Waals surface area contributed by atoms with E-state index in [1.54, 1.807) is 6.92 Å². The quantitative estimate of drug-likeness (QED) is 0.796. The van der Waals surface area contributed by atoms with Crippen molar-refractivity contribution in [1.29, 1.82) is 0 Å². The molecule has 0 unspecified atom stereocenters. The third kappa shape index (κ3) is 4.74. The number of fused-ring (bicyclic) bond motifs is 1. The second kappa shape index (κ2) is 9.07. The smallest absolute Gasteiger partial charge is 0.123 e. The highest BCUT2D eigenvalue weighted by molar-refractivity contribution is 5.33. The lowest BCUT2D eigenvalue weighted by Crippen LogP contribution is -2.34. The fraction of sp³-hybridized carbons (Fsp3) is 0.591. The maximum absolute atomic E-state index is 9.78. The molecule has 1 aromatic carbocycles. The fourth-order valence-electron chi connectivity index (χ4n) is 4.17. The highest BCUT2D eigenvalue weighted by Gasteiger charge is 2.21. The lowest BCUT2D eigenvalue weighted by molar-refractivity contribution is 0.177. The van der Waals surface area contributed by atoms with Crippen molar-refractivity contribution in [2.45, 2.75) is 51.9 Å². The van der Waals surface area contributed by atoms with Crippen molar-refractivity contribution >= 4 is 0 Å². The van der Waals surface area contributed by atoms with Crippen molar-refractivity contribution in [2.75, 3.05) is 32.8 Å². The number of para-hydroxylation sites is 1. The number of hydrogen-bond acceptors (Lipinski definition) is 5. The van der Waals surface area contributed by atoms with Crippen molar-refractivity contribution in [3.05, 3.63) is 47.3 Å². The van der Waals surface area contributed by atoms with Crippen LogP contribution in [0.15, 0.2) is 30.3 Å². The van der Waals surface area contributed by atoms with E-state index in [9.17, 15) is 5.11 Å². The molecule has 1 N–H and O–H groups in total. The number of aliphatic hydroxyl groups is 1. The summed E-state index contributed by atoms with van der Waals surface area (Å²) in [6, 6.07) is 10.4. The molecule has 2 aliphatic heterocycles. The summed E-state index contributed by atoms with van der Waals surface area (Å²) in [6.07, 6.45) is 3.49. The lowest BCUT2D eigenvalue weighted by Gasteiger charge is -2.28. The maximum Gasteiger partial charge on any atom is 0.123 e. The van der Waals surface area contributed by atoms with Gasteiger partial charge in [-0.1, -0.05) is 24.6 Å². The zero-order chi connectivity index (χ0) is 19.3. The van der Waals surface area contributed by atoms with Gasteiger partial charge in [0.1, 0.15) is 12.4 Å². The van der Waals surface area contributed by atoms with Crippen LogP contribution in [-0.2, 0) is 19.6 Å². The topological polar surface area (TPSA) is 53.8 Å². The first kappa shape index (κ1) is 19.4. The number of ether oxygens (including phenoxy) is 1. The van der Waals surface area contributed by atoms with E-state index in [1.165, 1.54) is 43.6 Å². The number of aromatic nitrogens is 2. The molecule has 0 aliphatic carbocycles. The largest absolute Gasteiger partial charge is 0.492 e. The van der Waals surface area contributed by atoms with Gasteiger partial charge in [0.15, 0.2) is 0 Å². The molecule has 2 aliphatic rings. The minimum Gasteiger partial charge on any atom is -0.492 e. The van der Waals surface area contributed by atoms with Crippen molar-refractivity contribution < 1.29 is 9.84 Å². The Morgan fingerprint density at radius 1 is 1.07 bits per heavy atom. The van der Waals surface area contributed by atoms with E-state index in [0.29, 0.717) is 0 Å². The summed E-state index contributed by atoms with van der Waals surface area (Å²) in [4.78, 5) is 4.94. The van der Waals surface area contributed by atoms with Crippen LogP contribution in [0.1, 0.15) is 49.2 Å². The van der Waals surface area contributed by atoms with Crippen molar-refractivity contribution in [3.8, 4) is 5.75 Å². The van der Waals surface area contributed by atoms with E-state index in [1.807, 2.05) is 10.7 Å². The van der Waals surface area contributed by atoms with Gasteiger partial charge in [-0.05, 0) is 45.0 Å². The number of likely N-dealkylation sites (tertiary alicyclic amines) is 1. The van der Waals surface area contributed by atoms with Crippen LogP contribution in [0, 0.1) is 0 Å². The molecule has 28 heavy (non-hydrogen) atoms. The highest BCUT2D eigenvalue weighted by Crippen LogP contribution is 2.24. The Morgan fingerprint density at radius 2 is 1.89 bits per heavy atom. The molecule has 152 valence electrons. The normalized spacial score (nSPS) is 19.4. The molecule has 6 nitrogen and oxygen atoms in total. The van der Waals surface area contributed by atoms with Gasteiger partial charge in [-0.25, -0.2) is 0 Å². The van der Waals surface area contributed by atoms with Crippen molar-refractivity contribution in [3.63, 3.8) is 0 Å². The average Bonchev–Trinajstić information content (AvgIpc) is 3.14. The van der Waals surface area contributed by atoms with Gasteiger partial charge in [-0.2, -0.15) is 5.10 Å². The number of aliphatic hydroxyl groups excluding tert-OH is 1. The first-order valence-corrected chi connectivity index (χ1v) is 10.6. The average molecular weight is 385 g/mol. The van der Waals surface area contributed by atoms with Crippen molar-refractivity contribution in [2.24, 2.45) is 0 Å². The SMILES string of the molecule is C[C@H](O)c1cc2n(n1)CCN(Cc1ccccc1OCCN1CCCCC1)C2. The van der Waals surface area contributed by atoms with Crippen LogP contribution in [0.5, 0.6) is 5.75 Å². The number of nitrogens with zero attached hydrogens (tertiary/aromatic N) is 4. The minimum atomic E-state index is -0.513. The monoisotopic (exact) mass is 384 g/mol. The molecule has 0 bridgehead atoms. The Hall–Kier alpha value is -1.89. The summed E-state index contributed by atoms with van der Waals surface area (Å²) >= 11 is 0.